The van der Waals surface area contributed by atoms with Gasteiger partial charge in [0.1, 0.15) is 5.75 Å². The molecule has 0 unspecified atom stereocenters. The van der Waals surface area contributed by atoms with E-state index >= 15 is 0 Å². The molecule has 5 nitrogen and oxygen atoms in total. The van der Waals surface area contributed by atoms with Gasteiger partial charge in [0.05, 0.1) is 6.61 Å². The first-order valence-electron chi connectivity index (χ1n) is 8.36. The molecule has 6 heteroatoms. The predicted molar refractivity (Wildman–Crippen MR) is 94.2 cm³/mol. The number of hydrogen-bond donors (Lipinski definition) is 3. The van der Waals surface area contributed by atoms with Crippen LogP contribution in [0.1, 0.15) is 12.0 Å². The summed E-state index contributed by atoms with van der Waals surface area (Å²) in [6, 6.07) is 0. The lowest BCUT2D eigenvalue weighted by atomic mass is 10.3. The first-order chi connectivity index (χ1) is 10.9. The zero-order valence-corrected chi connectivity index (χ0v) is 14.5. The highest BCUT2D eigenvalue weighted by Gasteiger charge is 2.06. The van der Waals surface area contributed by atoms with Crippen LogP contribution in [-0.2, 0) is 0 Å². The minimum Gasteiger partial charge on any atom is -0.492 e. The Morgan fingerprint density at radius 3 is 2.23 bits per heavy atom. The van der Waals surface area contributed by atoms with Gasteiger partial charge in [-0.15, -0.1) is 11.3 Å². The second kappa shape index (κ2) is 11.0. The molecule has 3 N–H and O–H groups in total. The number of nitrogens with zero attached hydrogens (tertiary/aromatic N) is 1. The molecule has 0 radical (unpaired) electrons. The lowest BCUT2D eigenvalue weighted by Crippen LogP contribution is -2.42. The lowest BCUT2D eigenvalue weighted by Gasteiger charge is -2.23. The third kappa shape index (κ3) is 7.07. The van der Waals surface area contributed by atoms with Gasteiger partial charge >= 0.3 is 0 Å². The van der Waals surface area contributed by atoms with Crippen LogP contribution >= 0.6 is 11.3 Å². The summed E-state index contributed by atoms with van der Waals surface area (Å²) in [7, 11) is 0. The van der Waals surface area contributed by atoms with E-state index < -0.39 is 0 Å². The zero-order valence-electron chi connectivity index (χ0n) is 13.7. The Labute approximate surface area is 138 Å². The van der Waals surface area contributed by atoms with E-state index in [2.05, 4.69) is 38.5 Å². The summed E-state index contributed by atoms with van der Waals surface area (Å²) in [5, 5.41) is 14.6. The van der Waals surface area contributed by atoms with Crippen molar-refractivity contribution in [3.8, 4) is 5.75 Å². The van der Waals surface area contributed by atoms with E-state index in [9.17, 15) is 0 Å². The Bertz CT molecular complexity index is 387. The Morgan fingerprint density at radius 2 is 1.64 bits per heavy atom. The molecular weight excluding hydrogens is 296 g/mol. The number of rotatable bonds is 5. The summed E-state index contributed by atoms with van der Waals surface area (Å²) < 4.78 is 5.85. The highest BCUT2D eigenvalue weighted by Crippen LogP contribution is 2.22. The van der Waals surface area contributed by atoms with Crippen LogP contribution in [-0.4, -0.2) is 70.4 Å². The van der Waals surface area contributed by atoms with Crippen molar-refractivity contribution in [3.63, 3.8) is 0 Å². The van der Waals surface area contributed by atoms with Gasteiger partial charge in [-0.25, -0.2) is 0 Å². The number of ether oxygens (including phenoxy) is 1. The van der Waals surface area contributed by atoms with Gasteiger partial charge in [-0.3, -0.25) is 0 Å². The largest absolute Gasteiger partial charge is 0.492 e. The molecule has 2 heterocycles. The smallest absolute Gasteiger partial charge is 0.132 e. The Morgan fingerprint density at radius 1 is 1.00 bits per heavy atom. The lowest BCUT2D eigenvalue weighted by molar-refractivity contribution is 0.233. The van der Waals surface area contributed by atoms with Crippen LogP contribution in [0.2, 0.25) is 0 Å². The van der Waals surface area contributed by atoms with Crippen LogP contribution < -0.4 is 20.7 Å². The van der Waals surface area contributed by atoms with Crippen LogP contribution in [0.4, 0.5) is 0 Å². The molecule has 0 spiro atoms. The fraction of sp³-hybridized carbons (Fsp3) is 0.750. The second-order valence-electron chi connectivity index (χ2n) is 5.71. The van der Waals surface area contributed by atoms with E-state index in [1.807, 2.05) is 0 Å². The summed E-state index contributed by atoms with van der Waals surface area (Å²) in [6.45, 7) is 12.6. The standard InChI is InChI=1S/C16H30N4OS/c1-15-13-22-14-16(15)21-12-2-9-20-10-7-18-5-3-17-4-6-19-8-11-20/h13-14,17-19H,2-12H2,1H3. The van der Waals surface area contributed by atoms with Crippen LogP contribution in [0, 0.1) is 6.92 Å². The normalized spacial score (nSPS) is 19.3. The Kier molecular flexibility index (Phi) is 8.82. The molecule has 2 rings (SSSR count). The monoisotopic (exact) mass is 326 g/mol. The fourth-order valence-corrected chi connectivity index (χ4v) is 3.27. The van der Waals surface area contributed by atoms with Crippen molar-refractivity contribution in [2.45, 2.75) is 13.3 Å². The van der Waals surface area contributed by atoms with Crippen molar-refractivity contribution >= 4 is 11.3 Å². The molecule has 0 atom stereocenters. The third-order valence-electron chi connectivity index (χ3n) is 3.85. The molecule has 0 aromatic carbocycles. The average molecular weight is 327 g/mol. The maximum Gasteiger partial charge on any atom is 0.132 e. The van der Waals surface area contributed by atoms with Gasteiger partial charge in [0.2, 0.25) is 0 Å². The molecule has 1 aromatic rings. The van der Waals surface area contributed by atoms with Gasteiger partial charge in [0, 0.05) is 69.8 Å². The quantitative estimate of drug-likeness (QED) is 0.702. The van der Waals surface area contributed by atoms with Gasteiger partial charge < -0.3 is 25.6 Å². The SMILES string of the molecule is Cc1cscc1OCCCN1CCNCCNCCNCC1. The van der Waals surface area contributed by atoms with Gasteiger partial charge in [0.25, 0.3) is 0 Å². The summed E-state index contributed by atoms with van der Waals surface area (Å²) in [6.07, 6.45) is 1.08. The molecule has 0 saturated carbocycles. The summed E-state index contributed by atoms with van der Waals surface area (Å²) in [5.41, 5.74) is 1.25. The topological polar surface area (TPSA) is 48.6 Å². The first-order valence-corrected chi connectivity index (χ1v) is 9.30. The number of nitrogens with one attached hydrogen (secondary N) is 3. The molecular formula is C16H30N4OS. The zero-order chi connectivity index (χ0) is 15.5. The van der Waals surface area contributed by atoms with E-state index in [1.54, 1.807) is 11.3 Å². The average Bonchev–Trinajstić information content (AvgIpc) is 2.91. The molecule has 0 aliphatic carbocycles. The molecule has 1 aliphatic rings. The van der Waals surface area contributed by atoms with Crippen LogP contribution in [0.25, 0.3) is 0 Å². The van der Waals surface area contributed by atoms with Crippen molar-refractivity contribution in [2.24, 2.45) is 0 Å². The Balaban J connectivity index is 1.63. The Hall–Kier alpha value is -0.660. The summed E-state index contributed by atoms with van der Waals surface area (Å²) in [4.78, 5) is 2.53. The molecule has 22 heavy (non-hydrogen) atoms. The molecule has 126 valence electrons. The van der Waals surface area contributed by atoms with Crippen molar-refractivity contribution in [3.05, 3.63) is 16.3 Å². The van der Waals surface area contributed by atoms with E-state index in [0.717, 1.165) is 77.7 Å². The van der Waals surface area contributed by atoms with Crippen LogP contribution in [0.15, 0.2) is 10.8 Å². The third-order valence-corrected chi connectivity index (χ3v) is 4.69. The van der Waals surface area contributed by atoms with Crippen LogP contribution in [0.3, 0.4) is 0 Å². The van der Waals surface area contributed by atoms with Gasteiger partial charge in [-0.2, -0.15) is 0 Å². The number of aryl methyl sites for hydroxylation is 1. The fourth-order valence-electron chi connectivity index (χ4n) is 2.51. The van der Waals surface area contributed by atoms with Gasteiger partial charge in [-0.05, 0) is 18.7 Å². The van der Waals surface area contributed by atoms with Gasteiger partial charge in [0.15, 0.2) is 0 Å². The highest BCUT2D eigenvalue weighted by molar-refractivity contribution is 7.08. The minimum absolute atomic E-state index is 0.804. The van der Waals surface area contributed by atoms with E-state index in [4.69, 9.17) is 4.74 Å². The van der Waals surface area contributed by atoms with Crippen LogP contribution in [0.5, 0.6) is 5.75 Å². The van der Waals surface area contributed by atoms with Crippen molar-refractivity contribution < 1.29 is 4.74 Å². The molecule has 1 saturated heterocycles. The predicted octanol–water partition coefficient (Wildman–Crippen LogP) is 0.910. The molecule has 1 aliphatic heterocycles. The number of hydrogen-bond acceptors (Lipinski definition) is 6. The first kappa shape index (κ1) is 17.7. The van der Waals surface area contributed by atoms with Crippen molar-refractivity contribution in [1.29, 1.82) is 0 Å². The maximum atomic E-state index is 5.85. The summed E-state index contributed by atoms with van der Waals surface area (Å²) in [5.74, 6) is 1.05. The maximum absolute atomic E-state index is 5.85. The molecule has 0 amide bonds. The number of thiophene rings is 1. The molecule has 0 bridgehead atoms. The van der Waals surface area contributed by atoms with Gasteiger partial charge in [-0.1, -0.05) is 0 Å². The van der Waals surface area contributed by atoms with Crippen molar-refractivity contribution in [1.82, 2.24) is 20.9 Å². The summed E-state index contributed by atoms with van der Waals surface area (Å²) >= 11 is 1.71. The molecule has 1 aromatic heterocycles. The second-order valence-corrected chi connectivity index (χ2v) is 6.46. The van der Waals surface area contributed by atoms with E-state index in [0.29, 0.717) is 0 Å². The van der Waals surface area contributed by atoms with E-state index in [-0.39, 0.29) is 0 Å². The highest BCUT2D eigenvalue weighted by atomic mass is 32.1. The minimum atomic E-state index is 0.804. The molecule has 1 fully saturated rings. The van der Waals surface area contributed by atoms with Crippen molar-refractivity contribution in [2.75, 3.05) is 65.5 Å². The van der Waals surface area contributed by atoms with E-state index in [1.165, 1.54) is 5.56 Å².